The molecule has 3 aliphatic heterocycles. The molecule has 4 aromatic rings. The summed E-state index contributed by atoms with van der Waals surface area (Å²) in [6.45, 7) is 5.43. The van der Waals surface area contributed by atoms with Crippen LogP contribution < -0.4 is 20.3 Å². The van der Waals surface area contributed by atoms with E-state index in [0.717, 1.165) is 80.5 Å². The highest BCUT2D eigenvalue weighted by Crippen LogP contribution is 2.42. The van der Waals surface area contributed by atoms with Crippen molar-refractivity contribution in [2.24, 2.45) is 18.2 Å². The molecular formula is C26H32N10O2. The molecule has 4 aromatic heterocycles. The van der Waals surface area contributed by atoms with Gasteiger partial charge in [0.25, 0.3) is 0 Å². The lowest BCUT2D eigenvalue weighted by molar-refractivity contribution is 0.0974. The van der Waals surface area contributed by atoms with Gasteiger partial charge in [0.15, 0.2) is 22.7 Å². The standard InChI is InChI=1S/C26H32N10O2/c1-16-23(27)26(15-37-16)7-10-35(11-8-26)20-13-28-22-24(31-20)32-33-25(22)36-9-3-4-18-19(36)5-6-21(30-18)38-17-12-29-34(2)14-17/h5-6,12-14,16,23H,3-4,7-11,15,27H2,1-2H3,(H,31,32,33)/t16-,23+/m0/s1. The number of anilines is 3. The number of rotatable bonds is 4. The van der Waals surface area contributed by atoms with E-state index in [1.807, 2.05) is 31.6 Å². The smallest absolute Gasteiger partial charge is 0.219 e. The van der Waals surface area contributed by atoms with Crippen molar-refractivity contribution in [1.82, 2.24) is 34.9 Å². The fourth-order valence-electron chi connectivity index (χ4n) is 6.05. The van der Waals surface area contributed by atoms with Crippen LogP contribution in [0, 0.1) is 5.41 Å². The Balaban J connectivity index is 1.11. The number of ether oxygens (including phenoxy) is 2. The maximum atomic E-state index is 6.49. The van der Waals surface area contributed by atoms with Gasteiger partial charge in [-0.05, 0) is 38.7 Å². The second kappa shape index (κ2) is 8.91. The number of aryl methyl sites for hydroxylation is 2. The van der Waals surface area contributed by atoms with Crippen molar-refractivity contribution in [3.63, 3.8) is 0 Å². The second-order valence-corrected chi connectivity index (χ2v) is 10.7. The number of aromatic amines is 1. The van der Waals surface area contributed by atoms with Gasteiger partial charge >= 0.3 is 0 Å². The van der Waals surface area contributed by atoms with Crippen LogP contribution in [0.2, 0.25) is 0 Å². The molecule has 2 atom stereocenters. The molecule has 0 bridgehead atoms. The average molecular weight is 517 g/mol. The van der Waals surface area contributed by atoms with Gasteiger partial charge in [0, 0.05) is 44.2 Å². The van der Waals surface area contributed by atoms with Crippen LogP contribution in [-0.4, -0.2) is 73.3 Å². The van der Waals surface area contributed by atoms with Crippen LogP contribution in [0.5, 0.6) is 11.6 Å². The molecule has 0 saturated carbocycles. The summed E-state index contributed by atoms with van der Waals surface area (Å²) in [5, 5.41) is 11.9. The summed E-state index contributed by atoms with van der Waals surface area (Å²) in [7, 11) is 1.86. The van der Waals surface area contributed by atoms with E-state index in [2.05, 4.69) is 32.0 Å². The Hall–Kier alpha value is -3.77. The van der Waals surface area contributed by atoms with Crippen molar-refractivity contribution in [1.29, 1.82) is 0 Å². The summed E-state index contributed by atoms with van der Waals surface area (Å²) in [5.74, 6) is 2.84. The predicted molar refractivity (Wildman–Crippen MR) is 142 cm³/mol. The van der Waals surface area contributed by atoms with Gasteiger partial charge in [0.2, 0.25) is 5.88 Å². The highest BCUT2D eigenvalue weighted by atomic mass is 16.5. The number of hydrogen-bond donors (Lipinski definition) is 2. The lowest BCUT2D eigenvalue weighted by Crippen LogP contribution is -2.50. The molecule has 12 nitrogen and oxygen atoms in total. The molecule has 3 N–H and O–H groups in total. The Morgan fingerprint density at radius 3 is 2.79 bits per heavy atom. The Morgan fingerprint density at radius 2 is 2.03 bits per heavy atom. The zero-order valence-electron chi connectivity index (χ0n) is 21.7. The Labute approximate surface area is 220 Å². The summed E-state index contributed by atoms with van der Waals surface area (Å²) < 4.78 is 13.5. The quantitative estimate of drug-likeness (QED) is 0.417. The fraction of sp³-hybridized carbons (Fsp3) is 0.500. The van der Waals surface area contributed by atoms with Crippen LogP contribution in [-0.2, 0) is 18.2 Å². The molecule has 0 unspecified atom stereocenters. The van der Waals surface area contributed by atoms with E-state index in [4.69, 9.17) is 30.2 Å². The number of fused-ring (bicyclic) bond motifs is 2. The molecule has 12 heteroatoms. The first-order chi connectivity index (χ1) is 18.5. The topological polar surface area (TPSA) is 136 Å². The molecule has 198 valence electrons. The van der Waals surface area contributed by atoms with Gasteiger partial charge in [-0.1, -0.05) is 0 Å². The van der Waals surface area contributed by atoms with E-state index >= 15 is 0 Å². The van der Waals surface area contributed by atoms with Crippen LogP contribution in [0.1, 0.15) is 31.9 Å². The molecule has 7 rings (SSSR count). The number of nitrogens with two attached hydrogens (primary N) is 1. The molecule has 0 radical (unpaired) electrons. The van der Waals surface area contributed by atoms with Crippen molar-refractivity contribution in [2.45, 2.75) is 44.8 Å². The molecule has 1 spiro atoms. The molecular weight excluding hydrogens is 484 g/mol. The van der Waals surface area contributed by atoms with Gasteiger partial charge in [-0.15, -0.1) is 0 Å². The molecule has 0 amide bonds. The summed E-state index contributed by atoms with van der Waals surface area (Å²) in [6, 6.07) is 4.01. The van der Waals surface area contributed by atoms with Crippen molar-refractivity contribution in [3.8, 4) is 11.6 Å². The van der Waals surface area contributed by atoms with Gasteiger partial charge in [0.1, 0.15) is 5.82 Å². The number of nitrogens with zero attached hydrogens (tertiary/aromatic N) is 8. The van der Waals surface area contributed by atoms with Crippen LogP contribution >= 0.6 is 0 Å². The molecule has 0 aromatic carbocycles. The van der Waals surface area contributed by atoms with Crippen molar-refractivity contribution >= 4 is 28.5 Å². The molecule has 2 fully saturated rings. The molecule has 0 aliphatic carbocycles. The predicted octanol–water partition coefficient (Wildman–Crippen LogP) is 2.69. The van der Waals surface area contributed by atoms with Crippen LogP contribution in [0.25, 0.3) is 11.2 Å². The van der Waals surface area contributed by atoms with Crippen LogP contribution in [0.15, 0.2) is 30.7 Å². The Kier molecular flexibility index (Phi) is 5.48. The third kappa shape index (κ3) is 3.86. The lowest BCUT2D eigenvalue weighted by Gasteiger charge is -2.41. The Bertz CT molecular complexity index is 1470. The average Bonchev–Trinajstić information content (AvgIpc) is 3.62. The van der Waals surface area contributed by atoms with Crippen molar-refractivity contribution in [2.75, 3.05) is 36.0 Å². The SMILES string of the molecule is C[C@@H]1OCC2(CCN(c3cnc4c(N5CCCc6nc(Oc7cnn(C)c7)ccc65)n[nH]c4n3)CC2)[C@@H]1N. The number of H-pyrrole nitrogens is 1. The summed E-state index contributed by atoms with van der Waals surface area (Å²) in [6.07, 6.45) is 9.30. The first kappa shape index (κ1) is 23.4. The summed E-state index contributed by atoms with van der Waals surface area (Å²) in [5.41, 5.74) is 10.00. The van der Waals surface area contributed by atoms with Gasteiger partial charge < -0.3 is 25.0 Å². The normalized spacial score (nSPS) is 22.8. The fourth-order valence-corrected chi connectivity index (χ4v) is 6.05. The van der Waals surface area contributed by atoms with E-state index in [9.17, 15) is 0 Å². The van der Waals surface area contributed by atoms with E-state index in [1.165, 1.54) is 0 Å². The largest absolute Gasteiger partial charge is 0.436 e. The van der Waals surface area contributed by atoms with Crippen molar-refractivity contribution < 1.29 is 9.47 Å². The molecule has 38 heavy (non-hydrogen) atoms. The Morgan fingerprint density at radius 1 is 1.16 bits per heavy atom. The number of aromatic nitrogens is 7. The highest BCUT2D eigenvalue weighted by molar-refractivity contribution is 5.87. The summed E-state index contributed by atoms with van der Waals surface area (Å²) >= 11 is 0. The van der Waals surface area contributed by atoms with Gasteiger partial charge in [-0.2, -0.15) is 10.2 Å². The minimum Gasteiger partial charge on any atom is -0.436 e. The van der Waals surface area contributed by atoms with E-state index in [-0.39, 0.29) is 17.6 Å². The number of piperidine rings is 1. The van der Waals surface area contributed by atoms with Gasteiger partial charge in [-0.25, -0.2) is 15.0 Å². The van der Waals surface area contributed by atoms with E-state index in [0.29, 0.717) is 17.3 Å². The number of pyridine rings is 1. The third-order valence-electron chi connectivity index (χ3n) is 8.34. The zero-order chi connectivity index (χ0) is 25.9. The summed E-state index contributed by atoms with van der Waals surface area (Å²) in [4.78, 5) is 18.9. The minimum atomic E-state index is 0.0766. The van der Waals surface area contributed by atoms with Crippen molar-refractivity contribution in [3.05, 3.63) is 36.4 Å². The second-order valence-electron chi connectivity index (χ2n) is 10.7. The maximum Gasteiger partial charge on any atom is 0.219 e. The van der Waals surface area contributed by atoms with Gasteiger partial charge in [-0.3, -0.25) is 9.78 Å². The number of hydrogen-bond acceptors (Lipinski definition) is 10. The first-order valence-electron chi connectivity index (χ1n) is 13.3. The van der Waals surface area contributed by atoms with Crippen LogP contribution in [0.4, 0.5) is 17.3 Å². The molecule has 3 aliphatic rings. The van der Waals surface area contributed by atoms with Crippen LogP contribution in [0.3, 0.4) is 0 Å². The van der Waals surface area contributed by atoms with E-state index < -0.39 is 0 Å². The third-order valence-corrected chi connectivity index (χ3v) is 8.34. The molecule has 2 saturated heterocycles. The zero-order valence-corrected chi connectivity index (χ0v) is 21.7. The number of nitrogens with one attached hydrogen (secondary N) is 1. The lowest BCUT2D eigenvalue weighted by atomic mass is 9.73. The first-order valence-corrected chi connectivity index (χ1v) is 13.3. The highest BCUT2D eigenvalue weighted by Gasteiger charge is 2.47. The molecule has 7 heterocycles. The minimum absolute atomic E-state index is 0.0766. The van der Waals surface area contributed by atoms with E-state index in [1.54, 1.807) is 10.9 Å². The monoisotopic (exact) mass is 516 g/mol. The van der Waals surface area contributed by atoms with Gasteiger partial charge in [0.05, 0.1) is 42.7 Å². The maximum absolute atomic E-state index is 6.49.